The number of hydrogen-bond donors (Lipinski definition) is 3. The smallest absolute Gasteiger partial charge is 0.320 e. The number of aliphatic carboxylic acids is 1. The molecule has 2 atom stereocenters. The standard InChI is InChI=1S/C21H27N3O5/c1-21(2,3)29-17(25)10-14(9-13-7-5-4-6-8-13)18(26)19-23-12-15(24-19)11-16(22)20(27)28/h4-8,12,14,16H,9-11,22H2,1-3H3,(H,23,24)(H,27,28)/t14-,16-/m1/s1. The van der Waals surface area contributed by atoms with E-state index in [0.29, 0.717) is 12.1 Å². The molecule has 1 aromatic heterocycles. The van der Waals surface area contributed by atoms with Gasteiger partial charge in [-0.3, -0.25) is 14.4 Å². The summed E-state index contributed by atoms with van der Waals surface area (Å²) in [5.41, 5.74) is 6.23. The van der Waals surface area contributed by atoms with Gasteiger partial charge in [0.25, 0.3) is 0 Å². The van der Waals surface area contributed by atoms with Crippen LogP contribution in [0.3, 0.4) is 0 Å². The van der Waals surface area contributed by atoms with Crippen molar-refractivity contribution in [3.63, 3.8) is 0 Å². The minimum absolute atomic E-state index is 0.0189. The van der Waals surface area contributed by atoms with E-state index in [-0.39, 0.29) is 24.4 Å². The molecule has 2 rings (SSSR count). The number of esters is 1. The highest BCUT2D eigenvalue weighted by molar-refractivity contribution is 5.96. The fourth-order valence-electron chi connectivity index (χ4n) is 2.85. The predicted octanol–water partition coefficient (Wildman–Crippen LogP) is 2.14. The summed E-state index contributed by atoms with van der Waals surface area (Å²) in [6.45, 7) is 5.30. The maximum absolute atomic E-state index is 13.0. The van der Waals surface area contributed by atoms with Gasteiger partial charge in [0.2, 0.25) is 5.78 Å². The average Bonchev–Trinajstić information content (AvgIpc) is 3.08. The summed E-state index contributed by atoms with van der Waals surface area (Å²) in [6.07, 6.45) is 1.67. The van der Waals surface area contributed by atoms with E-state index in [1.54, 1.807) is 20.8 Å². The highest BCUT2D eigenvalue weighted by atomic mass is 16.6. The van der Waals surface area contributed by atoms with Gasteiger partial charge >= 0.3 is 11.9 Å². The Morgan fingerprint density at radius 1 is 1.17 bits per heavy atom. The van der Waals surface area contributed by atoms with Crippen molar-refractivity contribution in [2.45, 2.75) is 51.7 Å². The largest absolute Gasteiger partial charge is 0.480 e. The number of ketones is 1. The SMILES string of the molecule is CC(C)(C)OC(=O)C[C@@H](Cc1ccccc1)C(=O)c1ncc(C[C@@H](N)C(=O)O)[nH]1. The normalized spacial score (nSPS) is 13.5. The zero-order chi connectivity index (χ0) is 21.6. The van der Waals surface area contributed by atoms with E-state index in [2.05, 4.69) is 9.97 Å². The molecule has 0 fully saturated rings. The summed E-state index contributed by atoms with van der Waals surface area (Å²) in [7, 11) is 0. The quantitative estimate of drug-likeness (QED) is 0.433. The van der Waals surface area contributed by atoms with Crippen molar-refractivity contribution in [2.24, 2.45) is 11.7 Å². The first-order valence-electron chi connectivity index (χ1n) is 9.37. The third-order valence-electron chi connectivity index (χ3n) is 4.15. The van der Waals surface area contributed by atoms with Gasteiger partial charge in [-0.05, 0) is 32.8 Å². The molecule has 4 N–H and O–H groups in total. The topological polar surface area (TPSA) is 135 Å². The molecule has 1 heterocycles. The molecule has 8 heteroatoms. The van der Waals surface area contributed by atoms with Crippen molar-refractivity contribution in [1.82, 2.24) is 9.97 Å². The number of Topliss-reactive ketones (excluding diaryl/α,β-unsaturated/α-hetero) is 1. The molecule has 0 saturated carbocycles. The lowest BCUT2D eigenvalue weighted by molar-refractivity contribution is -0.155. The number of aromatic amines is 1. The van der Waals surface area contributed by atoms with Crippen LogP contribution in [0.25, 0.3) is 0 Å². The molecule has 0 aliphatic heterocycles. The number of ether oxygens (including phenoxy) is 1. The van der Waals surface area contributed by atoms with Gasteiger partial charge in [0.1, 0.15) is 11.6 Å². The first kappa shape index (κ1) is 22.3. The molecular weight excluding hydrogens is 374 g/mol. The van der Waals surface area contributed by atoms with Crippen LogP contribution in [0, 0.1) is 5.92 Å². The molecular formula is C21H27N3O5. The lowest BCUT2D eigenvalue weighted by Gasteiger charge is -2.21. The molecule has 2 aromatic rings. The second-order valence-electron chi connectivity index (χ2n) is 7.95. The highest BCUT2D eigenvalue weighted by Gasteiger charge is 2.28. The molecule has 0 aliphatic carbocycles. The molecule has 1 aromatic carbocycles. The van der Waals surface area contributed by atoms with Crippen LogP contribution in [-0.2, 0) is 27.2 Å². The van der Waals surface area contributed by atoms with E-state index in [0.717, 1.165) is 5.56 Å². The number of H-pyrrole nitrogens is 1. The third kappa shape index (κ3) is 7.15. The van der Waals surface area contributed by atoms with Gasteiger partial charge in [0, 0.05) is 24.2 Å². The van der Waals surface area contributed by atoms with Gasteiger partial charge in [-0.2, -0.15) is 0 Å². The fourth-order valence-corrected chi connectivity index (χ4v) is 2.85. The molecule has 8 nitrogen and oxygen atoms in total. The number of carbonyl (C=O) groups is 3. The molecule has 0 aliphatic rings. The molecule has 156 valence electrons. The summed E-state index contributed by atoms with van der Waals surface area (Å²) in [4.78, 5) is 43.2. The number of carbonyl (C=O) groups excluding carboxylic acids is 2. The van der Waals surface area contributed by atoms with E-state index >= 15 is 0 Å². The second-order valence-corrected chi connectivity index (χ2v) is 7.95. The Morgan fingerprint density at radius 2 is 1.83 bits per heavy atom. The molecule has 0 saturated heterocycles. The number of nitrogens with two attached hydrogens (primary N) is 1. The fraction of sp³-hybridized carbons (Fsp3) is 0.429. The zero-order valence-corrected chi connectivity index (χ0v) is 16.8. The van der Waals surface area contributed by atoms with E-state index in [4.69, 9.17) is 15.6 Å². The van der Waals surface area contributed by atoms with Crippen LogP contribution in [0.1, 0.15) is 49.1 Å². The molecule has 29 heavy (non-hydrogen) atoms. The summed E-state index contributed by atoms with van der Waals surface area (Å²) >= 11 is 0. The van der Waals surface area contributed by atoms with Crippen molar-refractivity contribution in [1.29, 1.82) is 0 Å². The number of imidazole rings is 1. The van der Waals surface area contributed by atoms with Gasteiger partial charge in [-0.15, -0.1) is 0 Å². The number of aromatic nitrogens is 2. The molecule has 0 radical (unpaired) electrons. The second kappa shape index (κ2) is 9.47. The molecule has 0 spiro atoms. The van der Waals surface area contributed by atoms with Crippen LogP contribution in [0.4, 0.5) is 0 Å². The van der Waals surface area contributed by atoms with Crippen LogP contribution in [0.5, 0.6) is 0 Å². The van der Waals surface area contributed by atoms with E-state index in [9.17, 15) is 14.4 Å². The van der Waals surface area contributed by atoms with Crippen molar-refractivity contribution in [2.75, 3.05) is 0 Å². The van der Waals surface area contributed by atoms with Crippen molar-refractivity contribution in [3.8, 4) is 0 Å². The highest BCUT2D eigenvalue weighted by Crippen LogP contribution is 2.20. The number of nitrogens with zero attached hydrogens (tertiary/aromatic N) is 1. The number of benzene rings is 1. The summed E-state index contributed by atoms with van der Waals surface area (Å²) in [5.74, 6) is -2.54. The minimum Gasteiger partial charge on any atom is -0.480 e. The van der Waals surface area contributed by atoms with Crippen LogP contribution >= 0.6 is 0 Å². The Balaban J connectivity index is 2.18. The van der Waals surface area contributed by atoms with Gasteiger partial charge in [0.15, 0.2) is 5.82 Å². The minimum atomic E-state index is -1.14. The van der Waals surface area contributed by atoms with Crippen molar-refractivity contribution >= 4 is 17.7 Å². The van der Waals surface area contributed by atoms with Gasteiger partial charge < -0.3 is 20.6 Å². The molecule has 0 bridgehead atoms. The van der Waals surface area contributed by atoms with Crippen molar-refractivity contribution in [3.05, 3.63) is 53.6 Å². The third-order valence-corrected chi connectivity index (χ3v) is 4.15. The lowest BCUT2D eigenvalue weighted by Crippen LogP contribution is -2.32. The zero-order valence-electron chi connectivity index (χ0n) is 16.8. The van der Waals surface area contributed by atoms with Crippen LogP contribution in [0.15, 0.2) is 36.5 Å². The van der Waals surface area contributed by atoms with Gasteiger partial charge in [-0.25, -0.2) is 4.98 Å². The van der Waals surface area contributed by atoms with Crippen LogP contribution in [0.2, 0.25) is 0 Å². The molecule has 0 amide bonds. The van der Waals surface area contributed by atoms with Crippen LogP contribution in [-0.4, -0.2) is 44.4 Å². The van der Waals surface area contributed by atoms with Gasteiger partial charge in [-0.1, -0.05) is 30.3 Å². The first-order chi connectivity index (χ1) is 13.5. The molecule has 0 unspecified atom stereocenters. The van der Waals surface area contributed by atoms with E-state index in [1.807, 2.05) is 30.3 Å². The number of hydrogen-bond acceptors (Lipinski definition) is 6. The Kier molecular flexibility index (Phi) is 7.28. The summed E-state index contributed by atoms with van der Waals surface area (Å²) in [6, 6.07) is 8.27. The Bertz CT molecular complexity index is 855. The maximum Gasteiger partial charge on any atom is 0.320 e. The number of carboxylic acids is 1. The van der Waals surface area contributed by atoms with Crippen molar-refractivity contribution < 1.29 is 24.2 Å². The Morgan fingerprint density at radius 3 is 2.41 bits per heavy atom. The predicted molar refractivity (Wildman–Crippen MR) is 106 cm³/mol. The summed E-state index contributed by atoms with van der Waals surface area (Å²) in [5, 5.41) is 8.93. The lowest BCUT2D eigenvalue weighted by atomic mass is 9.91. The first-order valence-corrected chi connectivity index (χ1v) is 9.37. The number of nitrogens with one attached hydrogen (secondary N) is 1. The van der Waals surface area contributed by atoms with E-state index < -0.39 is 29.5 Å². The maximum atomic E-state index is 13.0. The number of carboxylic acid groups (broad SMARTS) is 1. The average molecular weight is 401 g/mol. The Labute approximate surface area is 169 Å². The summed E-state index contributed by atoms with van der Waals surface area (Å²) < 4.78 is 5.37. The Hall–Kier alpha value is -3.00. The number of rotatable bonds is 9. The van der Waals surface area contributed by atoms with Crippen LogP contribution < -0.4 is 5.73 Å². The van der Waals surface area contributed by atoms with Gasteiger partial charge in [0.05, 0.1) is 6.42 Å². The van der Waals surface area contributed by atoms with E-state index in [1.165, 1.54) is 6.20 Å². The monoisotopic (exact) mass is 401 g/mol.